The van der Waals surface area contributed by atoms with Gasteiger partial charge in [0.05, 0.1) is 0 Å². The van der Waals surface area contributed by atoms with E-state index in [-0.39, 0.29) is 31.1 Å². The molecule has 0 unspecified atom stereocenters. The van der Waals surface area contributed by atoms with Crippen LogP contribution in [0.3, 0.4) is 0 Å². The molecular weight excluding hydrogens is 877 g/mol. The second kappa shape index (κ2) is 59.9. The molecular formula is C65H118O6. The maximum Gasteiger partial charge on any atom is 0.306 e. The van der Waals surface area contributed by atoms with Gasteiger partial charge in [0.2, 0.25) is 0 Å². The second-order valence-corrected chi connectivity index (χ2v) is 20.9. The Labute approximate surface area is 441 Å². The molecule has 414 valence electrons. The van der Waals surface area contributed by atoms with Crippen molar-refractivity contribution < 1.29 is 28.6 Å². The molecule has 1 atom stereocenters. The van der Waals surface area contributed by atoms with E-state index in [0.717, 1.165) is 96.3 Å². The number of hydrogen-bond donors (Lipinski definition) is 0. The lowest BCUT2D eigenvalue weighted by Crippen LogP contribution is -2.30. The quantitative estimate of drug-likeness (QED) is 0.0261. The van der Waals surface area contributed by atoms with Crippen LogP contribution in [0.5, 0.6) is 0 Å². The first-order chi connectivity index (χ1) is 35.0. The Hall–Kier alpha value is -2.63. The molecule has 0 fully saturated rings. The van der Waals surface area contributed by atoms with Crippen LogP contribution in [0.1, 0.15) is 329 Å². The van der Waals surface area contributed by atoms with Gasteiger partial charge in [-0.1, -0.05) is 281 Å². The molecule has 6 heteroatoms. The van der Waals surface area contributed by atoms with Crippen molar-refractivity contribution in [3.05, 3.63) is 48.6 Å². The van der Waals surface area contributed by atoms with E-state index in [0.29, 0.717) is 19.3 Å². The summed E-state index contributed by atoms with van der Waals surface area (Å²) in [5.41, 5.74) is 0. The third kappa shape index (κ3) is 58.1. The Morgan fingerprint density at radius 2 is 0.549 bits per heavy atom. The van der Waals surface area contributed by atoms with E-state index in [4.69, 9.17) is 14.2 Å². The summed E-state index contributed by atoms with van der Waals surface area (Å²) >= 11 is 0. The fourth-order valence-electron chi connectivity index (χ4n) is 9.16. The zero-order chi connectivity index (χ0) is 51.4. The third-order valence-electron chi connectivity index (χ3n) is 13.8. The molecule has 0 aliphatic carbocycles. The van der Waals surface area contributed by atoms with Crippen molar-refractivity contribution in [3.8, 4) is 0 Å². The summed E-state index contributed by atoms with van der Waals surface area (Å²) < 4.78 is 16.9. The Bertz CT molecular complexity index is 1230. The minimum atomic E-state index is -0.781. The van der Waals surface area contributed by atoms with Crippen LogP contribution in [-0.4, -0.2) is 37.2 Å². The van der Waals surface area contributed by atoms with Crippen molar-refractivity contribution in [3.63, 3.8) is 0 Å². The molecule has 0 amide bonds. The summed E-state index contributed by atoms with van der Waals surface area (Å²) in [7, 11) is 0. The van der Waals surface area contributed by atoms with Crippen molar-refractivity contribution in [2.24, 2.45) is 0 Å². The molecule has 0 aliphatic rings. The van der Waals surface area contributed by atoms with E-state index < -0.39 is 6.10 Å². The van der Waals surface area contributed by atoms with Gasteiger partial charge < -0.3 is 14.2 Å². The van der Waals surface area contributed by atoms with Gasteiger partial charge in [0.15, 0.2) is 6.10 Å². The standard InChI is InChI=1S/C65H118O6/c1-4-7-10-13-16-19-22-25-28-30-31-32-33-35-38-40-43-46-49-52-55-58-64(67)70-61-62(71-65(68)59-56-53-50-47-44-41-36-27-24-21-18-15-12-9-6-3)60-69-63(66)57-54-51-48-45-42-39-37-34-29-26-23-20-17-14-11-8-5-2/h9,12,18,21,25,27-28,36,62H,4-8,10-11,13-17,19-20,22-24,26,29-35,37-61H2,1-3H3/b12-9-,21-18-,28-25-,36-27-/t62-/m0/s1. The number of ether oxygens (including phenoxy) is 3. The van der Waals surface area contributed by atoms with Crippen molar-refractivity contribution in [2.75, 3.05) is 13.2 Å². The predicted octanol–water partition coefficient (Wildman–Crippen LogP) is 21.0. The van der Waals surface area contributed by atoms with E-state index >= 15 is 0 Å². The highest BCUT2D eigenvalue weighted by Crippen LogP contribution is 2.17. The molecule has 71 heavy (non-hydrogen) atoms. The van der Waals surface area contributed by atoms with Crippen LogP contribution in [0.2, 0.25) is 0 Å². The van der Waals surface area contributed by atoms with Gasteiger partial charge in [-0.2, -0.15) is 0 Å². The SMILES string of the molecule is CC/C=C\C/C=C\C/C=C\CCCCCCCC(=O)O[C@H](COC(=O)CCCCCCCCCCCCC/C=C\CCCCCCCC)COC(=O)CCCCCCCCCCCCCCCCCCC. The summed E-state index contributed by atoms with van der Waals surface area (Å²) in [5, 5.41) is 0. The predicted molar refractivity (Wildman–Crippen MR) is 307 cm³/mol. The van der Waals surface area contributed by atoms with Gasteiger partial charge in [0, 0.05) is 19.3 Å². The molecule has 0 rings (SSSR count). The highest BCUT2D eigenvalue weighted by Gasteiger charge is 2.19. The molecule has 0 aliphatic heterocycles. The van der Waals surface area contributed by atoms with Crippen molar-refractivity contribution >= 4 is 17.9 Å². The van der Waals surface area contributed by atoms with Crippen LogP contribution >= 0.6 is 0 Å². The van der Waals surface area contributed by atoms with Crippen LogP contribution in [0.25, 0.3) is 0 Å². The van der Waals surface area contributed by atoms with Gasteiger partial charge in [0.25, 0.3) is 0 Å². The highest BCUT2D eigenvalue weighted by molar-refractivity contribution is 5.71. The molecule has 6 nitrogen and oxygen atoms in total. The third-order valence-corrected chi connectivity index (χ3v) is 13.8. The molecule has 0 spiro atoms. The first-order valence-electron chi connectivity index (χ1n) is 31.1. The fourth-order valence-corrected chi connectivity index (χ4v) is 9.16. The summed E-state index contributed by atoms with van der Waals surface area (Å²) in [6.45, 7) is 6.56. The number of carbonyl (C=O) groups excluding carboxylic acids is 3. The number of unbranched alkanes of at least 4 members (excludes halogenated alkanes) is 38. The van der Waals surface area contributed by atoms with E-state index in [1.54, 1.807) is 0 Å². The number of allylic oxidation sites excluding steroid dienone is 8. The summed E-state index contributed by atoms with van der Waals surface area (Å²) in [5.74, 6) is -0.875. The van der Waals surface area contributed by atoms with Crippen molar-refractivity contribution in [1.29, 1.82) is 0 Å². The zero-order valence-corrected chi connectivity index (χ0v) is 47.5. The lowest BCUT2D eigenvalue weighted by atomic mass is 10.0. The number of rotatable bonds is 57. The lowest BCUT2D eigenvalue weighted by Gasteiger charge is -2.18. The largest absolute Gasteiger partial charge is 0.462 e. The average molecular weight is 996 g/mol. The van der Waals surface area contributed by atoms with E-state index in [9.17, 15) is 14.4 Å². The average Bonchev–Trinajstić information content (AvgIpc) is 3.37. The summed E-state index contributed by atoms with van der Waals surface area (Å²) in [4.78, 5) is 38.3. The number of hydrogen-bond acceptors (Lipinski definition) is 6. The number of esters is 3. The van der Waals surface area contributed by atoms with E-state index in [1.807, 2.05) is 0 Å². The monoisotopic (exact) mass is 995 g/mol. The van der Waals surface area contributed by atoms with Crippen molar-refractivity contribution in [2.45, 2.75) is 335 Å². The molecule has 0 aromatic heterocycles. The Morgan fingerprint density at radius 1 is 0.296 bits per heavy atom. The zero-order valence-electron chi connectivity index (χ0n) is 47.5. The van der Waals surface area contributed by atoms with Gasteiger partial charge in [-0.25, -0.2) is 0 Å². The smallest absolute Gasteiger partial charge is 0.306 e. The molecule has 0 aromatic rings. The molecule has 0 heterocycles. The van der Waals surface area contributed by atoms with Gasteiger partial charge in [0.1, 0.15) is 13.2 Å². The minimum Gasteiger partial charge on any atom is -0.462 e. The topological polar surface area (TPSA) is 78.9 Å². The molecule has 0 bridgehead atoms. The lowest BCUT2D eigenvalue weighted by molar-refractivity contribution is -0.167. The summed E-state index contributed by atoms with van der Waals surface area (Å²) in [6, 6.07) is 0. The molecule has 0 radical (unpaired) electrons. The second-order valence-electron chi connectivity index (χ2n) is 20.9. The minimum absolute atomic E-state index is 0.0767. The molecule has 0 N–H and O–H groups in total. The van der Waals surface area contributed by atoms with E-state index in [2.05, 4.69) is 69.4 Å². The highest BCUT2D eigenvalue weighted by atomic mass is 16.6. The maximum absolute atomic E-state index is 12.9. The number of carbonyl (C=O) groups is 3. The Balaban J connectivity index is 4.32. The Morgan fingerprint density at radius 3 is 0.873 bits per heavy atom. The van der Waals surface area contributed by atoms with Gasteiger partial charge in [-0.15, -0.1) is 0 Å². The maximum atomic E-state index is 12.9. The van der Waals surface area contributed by atoms with Crippen LogP contribution in [-0.2, 0) is 28.6 Å². The summed E-state index contributed by atoms with van der Waals surface area (Å²) in [6.07, 6.45) is 74.0. The molecule has 0 saturated heterocycles. The van der Waals surface area contributed by atoms with Crippen LogP contribution < -0.4 is 0 Å². The van der Waals surface area contributed by atoms with Crippen LogP contribution in [0.15, 0.2) is 48.6 Å². The first-order valence-corrected chi connectivity index (χ1v) is 31.1. The van der Waals surface area contributed by atoms with Crippen LogP contribution in [0, 0.1) is 0 Å². The fraction of sp³-hybridized carbons (Fsp3) is 0.831. The van der Waals surface area contributed by atoms with E-state index in [1.165, 1.54) is 193 Å². The molecule has 0 aromatic carbocycles. The van der Waals surface area contributed by atoms with Gasteiger partial charge in [-0.3, -0.25) is 14.4 Å². The normalized spacial score (nSPS) is 12.3. The Kier molecular flexibility index (Phi) is 57.7. The van der Waals surface area contributed by atoms with Gasteiger partial charge in [-0.05, 0) is 77.0 Å². The van der Waals surface area contributed by atoms with Gasteiger partial charge >= 0.3 is 17.9 Å². The van der Waals surface area contributed by atoms with Crippen molar-refractivity contribution in [1.82, 2.24) is 0 Å². The van der Waals surface area contributed by atoms with Crippen LogP contribution in [0.4, 0.5) is 0 Å². The molecule has 0 saturated carbocycles. The first kappa shape index (κ1) is 68.4.